The van der Waals surface area contributed by atoms with Gasteiger partial charge >= 0.3 is 0 Å². The van der Waals surface area contributed by atoms with Crippen LogP contribution in [-0.2, 0) is 6.42 Å². The first-order valence-electron chi connectivity index (χ1n) is 12.5. The summed E-state index contributed by atoms with van der Waals surface area (Å²) >= 11 is 10.6. The lowest BCUT2D eigenvalue weighted by Gasteiger charge is -2.17. The fraction of sp³-hybridized carbons (Fsp3) is 0.290. The third-order valence-electron chi connectivity index (χ3n) is 6.70. The molecule has 0 N–H and O–H groups in total. The normalized spacial score (nSPS) is 11.9. The number of hydrogen-bond acceptors (Lipinski definition) is 3. The van der Waals surface area contributed by atoms with Gasteiger partial charge in [-0.2, -0.15) is 0 Å². The minimum atomic E-state index is 0.675. The molecule has 4 aromatic carbocycles. The smallest absolute Gasteiger partial charge is 0.119 e. The molecule has 1 aliphatic rings. The molecular weight excluding hydrogens is 536 g/mol. The van der Waals surface area contributed by atoms with Crippen molar-refractivity contribution in [1.29, 1.82) is 0 Å². The molecule has 1 aliphatic carbocycles. The maximum atomic E-state index is 7.13. The molecule has 0 saturated heterocycles. The van der Waals surface area contributed by atoms with Crippen molar-refractivity contribution < 1.29 is 14.2 Å². The van der Waals surface area contributed by atoms with E-state index in [-0.39, 0.29) is 0 Å². The van der Waals surface area contributed by atoms with Crippen LogP contribution in [0.2, 0.25) is 5.02 Å². The first-order valence-corrected chi connectivity index (χ1v) is 14.0. The average molecular weight is 566 g/mol. The Labute approximate surface area is 226 Å². The molecule has 0 atom stereocenters. The minimum absolute atomic E-state index is 0.675. The van der Waals surface area contributed by atoms with E-state index in [1.807, 2.05) is 12.1 Å². The molecule has 0 aromatic heterocycles. The highest BCUT2D eigenvalue weighted by Crippen LogP contribution is 2.51. The largest absolute Gasteiger partial charge is 0.497 e. The Morgan fingerprint density at radius 2 is 1.61 bits per heavy atom. The predicted molar refractivity (Wildman–Crippen MR) is 153 cm³/mol. The number of methoxy groups -OCH3 is 1. The standard InChI is InChI=1S/C31H30BrClO3/c1-3-4-14-35-24-10-11-25-21(17-24)18-28-29(20-7-5-8-23(16-20)36-15-6-13-32)27-19-22(34-2)9-12-26(27)31(33)30(25)28/h5,7-12,16-17,19H,3-4,6,13-15,18H2,1-2H3. The summed E-state index contributed by atoms with van der Waals surface area (Å²) in [6.45, 7) is 3.58. The molecular formula is C31H30BrClO3. The predicted octanol–water partition coefficient (Wildman–Crippen LogP) is 9.08. The van der Waals surface area contributed by atoms with Crippen LogP contribution in [0.25, 0.3) is 33.0 Å². The van der Waals surface area contributed by atoms with Crippen LogP contribution in [0.15, 0.2) is 60.7 Å². The lowest BCUT2D eigenvalue weighted by atomic mass is 9.89. The van der Waals surface area contributed by atoms with Crippen LogP contribution in [-0.4, -0.2) is 25.7 Å². The fourth-order valence-electron chi connectivity index (χ4n) is 4.95. The molecule has 0 heterocycles. The van der Waals surface area contributed by atoms with Crippen LogP contribution in [0, 0.1) is 0 Å². The number of unbranched alkanes of at least 4 members (excludes halogenated alkanes) is 1. The van der Waals surface area contributed by atoms with Gasteiger partial charge in [0.25, 0.3) is 0 Å². The van der Waals surface area contributed by atoms with Gasteiger partial charge in [0, 0.05) is 16.3 Å². The lowest BCUT2D eigenvalue weighted by Crippen LogP contribution is -1.98. The van der Waals surface area contributed by atoms with Gasteiger partial charge in [-0.3, -0.25) is 0 Å². The number of rotatable bonds is 10. The van der Waals surface area contributed by atoms with Crippen molar-refractivity contribution in [3.8, 4) is 39.5 Å². The maximum Gasteiger partial charge on any atom is 0.119 e. The van der Waals surface area contributed by atoms with Gasteiger partial charge in [0.1, 0.15) is 17.2 Å². The molecule has 0 saturated carbocycles. The number of benzene rings is 4. The van der Waals surface area contributed by atoms with Crippen LogP contribution >= 0.6 is 27.5 Å². The highest BCUT2D eigenvalue weighted by molar-refractivity contribution is 9.09. The number of halogens is 2. The Morgan fingerprint density at radius 3 is 2.39 bits per heavy atom. The topological polar surface area (TPSA) is 27.7 Å². The summed E-state index contributed by atoms with van der Waals surface area (Å²) in [6, 6.07) is 20.9. The Balaban J connectivity index is 1.67. The quantitative estimate of drug-likeness (QED) is 0.125. The Kier molecular flexibility index (Phi) is 7.73. The van der Waals surface area contributed by atoms with E-state index in [1.165, 1.54) is 22.3 Å². The van der Waals surface area contributed by atoms with E-state index >= 15 is 0 Å². The summed E-state index contributed by atoms with van der Waals surface area (Å²) in [5.41, 5.74) is 7.07. The molecule has 0 aliphatic heterocycles. The summed E-state index contributed by atoms with van der Waals surface area (Å²) < 4.78 is 17.6. The van der Waals surface area contributed by atoms with Gasteiger partial charge in [0.15, 0.2) is 0 Å². The second-order valence-electron chi connectivity index (χ2n) is 9.07. The lowest BCUT2D eigenvalue weighted by molar-refractivity contribution is 0.309. The van der Waals surface area contributed by atoms with Crippen LogP contribution in [0.3, 0.4) is 0 Å². The van der Waals surface area contributed by atoms with Gasteiger partial charge < -0.3 is 14.2 Å². The molecule has 0 bridgehead atoms. The van der Waals surface area contributed by atoms with Crippen LogP contribution in [0.4, 0.5) is 0 Å². The summed E-state index contributed by atoms with van der Waals surface area (Å²) in [4.78, 5) is 0. The monoisotopic (exact) mass is 564 g/mol. The van der Waals surface area contributed by atoms with Crippen molar-refractivity contribution >= 4 is 38.3 Å². The molecule has 5 rings (SSSR count). The van der Waals surface area contributed by atoms with Crippen molar-refractivity contribution in [2.45, 2.75) is 32.6 Å². The van der Waals surface area contributed by atoms with Gasteiger partial charge in [-0.05, 0) is 94.9 Å². The summed E-state index contributed by atoms with van der Waals surface area (Å²) in [6.07, 6.45) is 3.92. The first-order chi connectivity index (χ1) is 17.6. The second kappa shape index (κ2) is 11.1. The number of ether oxygens (including phenoxy) is 3. The summed E-state index contributed by atoms with van der Waals surface area (Å²) in [5, 5.41) is 3.81. The van der Waals surface area contributed by atoms with Crippen molar-refractivity contribution in [1.82, 2.24) is 0 Å². The first kappa shape index (κ1) is 25.0. The van der Waals surface area contributed by atoms with E-state index in [0.717, 1.165) is 81.8 Å². The van der Waals surface area contributed by atoms with E-state index in [1.54, 1.807) is 7.11 Å². The van der Waals surface area contributed by atoms with E-state index < -0.39 is 0 Å². The molecule has 36 heavy (non-hydrogen) atoms. The number of alkyl halides is 1. The zero-order chi connectivity index (χ0) is 25.1. The zero-order valence-electron chi connectivity index (χ0n) is 20.7. The van der Waals surface area contributed by atoms with E-state index in [0.29, 0.717) is 6.61 Å². The Morgan fingerprint density at radius 1 is 0.833 bits per heavy atom. The third kappa shape index (κ3) is 4.81. The molecule has 4 aromatic rings. The molecule has 3 nitrogen and oxygen atoms in total. The van der Waals surface area contributed by atoms with Gasteiger partial charge in [0.05, 0.1) is 25.3 Å². The Hall–Kier alpha value is -2.69. The fourth-order valence-corrected chi connectivity index (χ4v) is 5.56. The van der Waals surface area contributed by atoms with Crippen LogP contribution in [0.1, 0.15) is 37.3 Å². The average Bonchev–Trinajstić information content (AvgIpc) is 3.27. The summed E-state index contributed by atoms with van der Waals surface area (Å²) in [5.74, 6) is 2.60. The second-order valence-corrected chi connectivity index (χ2v) is 10.2. The molecule has 5 heteroatoms. The minimum Gasteiger partial charge on any atom is -0.497 e. The molecule has 0 spiro atoms. The molecule has 186 valence electrons. The van der Waals surface area contributed by atoms with E-state index in [9.17, 15) is 0 Å². The van der Waals surface area contributed by atoms with E-state index in [4.69, 9.17) is 25.8 Å². The number of hydrogen-bond donors (Lipinski definition) is 0. The highest BCUT2D eigenvalue weighted by atomic mass is 79.9. The summed E-state index contributed by atoms with van der Waals surface area (Å²) in [7, 11) is 1.70. The van der Waals surface area contributed by atoms with Crippen molar-refractivity contribution in [3.05, 3.63) is 76.8 Å². The maximum absolute atomic E-state index is 7.13. The van der Waals surface area contributed by atoms with Gasteiger partial charge in [-0.1, -0.05) is 59.1 Å². The van der Waals surface area contributed by atoms with Crippen molar-refractivity contribution in [2.75, 3.05) is 25.7 Å². The third-order valence-corrected chi connectivity index (χ3v) is 7.66. The Bertz CT molecular complexity index is 1400. The van der Waals surface area contributed by atoms with Crippen molar-refractivity contribution in [2.24, 2.45) is 0 Å². The SMILES string of the molecule is CCCCOc1ccc2c(c1)Cc1c-2c(Cl)c2ccc(OC)cc2c1-c1cccc(OCCCBr)c1. The van der Waals surface area contributed by atoms with Crippen LogP contribution in [0.5, 0.6) is 17.2 Å². The highest BCUT2D eigenvalue weighted by Gasteiger charge is 2.28. The van der Waals surface area contributed by atoms with Crippen LogP contribution < -0.4 is 14.2 Å². The molecule has 0 unspecified atom stereocenters. The van der Waals surface area contributed by atoms with E-state index in [2.05, 4.69) is 71.4 Å². The number of fused-ring (bicyclic) bond motifs is 4. The van der Waals surface area contributed by atoms with Crippen molar-refractivity contribution in [3.63, 3.8) is 0 Å². The molecule has 0 fully saturated rings. The molecule has 0 radical (unpaired) electrons. The van der Waals surface area contributed by atoms with Gasteiger partial charge in [-0.25, -0.2) is 0 Å². The zero-order valence-corrected chi connectivity index (χ0v) is 23.0. The van der Waals surface area contributed by atoms with Gasteiger partial charge in [0.2, 0.25) is 0 Å². The van der Waals surface area contributed by atoms with Gasteiger partial charge in [-0.15, -0.1) is 0 Å². The molecule has 0 amide bonds.